The number of halogens is 2. The number of hydrogen-bond donors (Lipinski definition) is 1. The van der Waals surface area contributed by atoms with E-state index >= 15 is 0 Å². The van der Waals surface area contributed by atoms with Crippen LogP contribution in [0.1, 0.15) is 11.1 Å². The molecule has 0 bridgehead atoms. The van der Waals surface area contributed by atoms with Crippen LogP contribution in [-0.2, 0) is 6.42 Å². The van der Waals surface area contributed by atoms with Crippen LogP contribution in [0.5, 0.6) is 11.5 Å². The summed E-state index contributed by atoms with van der Waals surface area (Å²) >= 11 is 0. The highest BCUT2D eigenvalue weighted by atomic mass is 19.3. The van der Waals surface area contributed by atoms with E-state index in [2.05, 4.69) is 9.47 Å². The molecule has 1 aliphatic rings. The Labute approximate surface area is 108 Å². The molecule has 0 radical (unpaired) electrons. The van der Waals surface area contributed by atoms with E-state index in [1.165, 1.54) is 6.07 Å². The highest BCUT2D eigenvalue weighted by Gasteiger charge is 2.43. The Morgan fingerprint density at radius 3 is 2.47 bits per heavy atom. The molecule has 2 aromatic carbocycles. The van der Waals surface area contributed by atoms with E-state index in [4.69, 9.17) is 5.73 Å². The van der Waals surface area contributed by atoms with Crippen molar-refractivity contribution in [1.29, 1.82) is 0 Å². The zero-order chi connectivity index (χ0) is 13.5. The van der Waals surface area contributed by atoms with Gasteiger partial charge in [-0.3, -0.25) is 0 Å². The largest absolute Gasteiger partial charge is 0.586 e. The Morgan fingerprint density at radius 2 is 1.68 bits per heavy atom. The van der Waals surface area contributed by atoms with Gasteiger partial charge in [-0.05, 0) is 41.8 Å². The smallest absolute Gasteiger partial charge is 0.399 e. The predicted octanol–water partition coefficient (Wildman–Crippen LogP) is 3.18. The number of rotatable bonds is 2. The number of nitrogen functional groups attached to an aromatic ring is 1. The maximum Gasteiger partial charge on any atom is 0.586 e. The molecule has 2 aromatic rings. The lowest BCUT2D eigenvalue weighted by atomic mass is 10.0. The van der Waals surface area contributed by atoms with Crippen molar-refractivity contribution in [2.24, 2.45) is 0 Å². The zero-order valence-corrected chi connectivity index (χ0v) is 9.90. The highest BCUT2D eigenvalue weighted by Crippen LogP contribution is 2.41. The average Bonchev–Trinajstić information content (AvgIpc) is 2.62. The molecule has 2 N–H and O–H groups in total. The minimum absolute atomic E-state index is 0.0568. The van der Waals surface area contributed by atoms with Crippen molar-refractivity contribution in [2.75, 3.05) is 5.73 Å². The third-order valence-corrected chi connectivity index (χ3v) is 2.82. The molecule has 0 amide bonds. The molecular formula is C14H11F2NO2. The first kappa shape index (κ1) is 11.8. The summed E-state index contributed by atoms with van der Waals surface area (Å²) in [6, 6.07) is 12.2. The Morgan fingerprint density at radius 1 is 0.947 bits per heavy atom. The van der Waals surface area contributed by atoms with Crippen molar-refractivity contribution in [3.05, 3.63) is 53.6 Å². The Hall–Kier alpha value is -2.30. The third-order valence-electron chi connectivity index (χ3n) is 2.82. The lowest BCUT2D eigenvalue weighted by molar-refractivity contribution is -0.286. The van der Waals surface area contributed by atoms with Crippen LogP contribution in [0.2, 0.25) is 0 Å². The van der Waals surface area contributed by atoms with Gasteiger partial charge < -0.3 is 15.2 Å². The Balaban J connectivity index is 1.85. The van der Waals surface area contributed by atoms with Gasteiger partial charge in [0.1, 0.15) is 0 Å². The summed E-state index contributed by atoms with van der Waals surface area (Å²) in [5, 5.41) is 0. The summed E-state index contributed by atoms with van der Waals surface area (Å²) in [5.41, 5.74) is 8.22. The fraction of sp³-hybridized carbons (Fsp3) is 0.143. The molecule has 19 heavy (non-hydrogen) atoms. The molecule has 1 aliphatic heterocycles. The minimum Gasteiger partial charge on any atom is -0.399 e. The average molecular weight is 263 g/mol. The Kier molecular flexibility index (Phi) is 2.55. The van der Waals surface area contributed by atoms with Gasteiger partial charge in [0.05, 0.1) is 0 Å². The molecule has 0 unspecified atom stereocenters. The van der Waals surface area contributed by atoms with Crippen molar-refractivity contribution < 1.29 is 18.3 Å². The monoisotopic (exact) mass is 263 g/mol. The van der Waals surface area contributed by atoms with Gasteiger partial charge in [-0.1, -0.05) is 18.2 Å². The van der Waals surface area contributed by atoms with Crippen molar-refractivity contribution in [3.8, 4) is 11.5 Å². The standard InChI is InChI=1S/C14H11F2NO2/c15-14(16)18-12-5-4-10(8-13(12)19-14)6-9-2-1-3-11(17)7-9/h1-5,7-8H,6,17H2. The van der Waals surface area contributed by atoms with Crippen LogP contribution in [0, 0.1) is 0 Å². The molecule has 0 saturated heterocycles. The van der Waals surface area contributed by atoms with E-state index in [1.807, 2.05) is 18.2 Å². The maximum atomic E-state index is 12.9. The van der Waals surface area contributed by atoms with Crippen LogP contribution >= 0.6 is 0 Å². The second-order valence-electron chi connectivity index (χ2n) is 4.37. The van der Waals surface area contributed by atoms with Crippen LogP contribution < -0.4 is 15.2 Å². The van der Waals surface area contributed by atoms with Crippen molar-refractivity contribution >= 4 is 5.69 Å². The van der Waals surface area contributed by atoms with Gasteiger partial charge in [0.15, 0.2) is 11.5 Å². The van der Waals surface area contributed by atoms with Crippen LogP contribution in [-0.4, -0.2) is 6.29 Å². The van der Waals surface area contributed by atoms with Crippen molar-refractivity contribution in [2.45, 2.75) is 12.7 Å². The van der Waals surface area contributed by atoms with Gasteiger partial charge in [-0.25, -0.2) is 0 Å². The van der Waals surface area contributed by atoms with Gasteiger partial charge in [0.25, 0.3) is 0 Å². The summed E-state index contributed by atoms with van der Waals surface area (Å²) in [4.78, 5) is 0. The van der Waals surface area contributed by atoms with Gasteiger partial charge in [0, 0.05) is 5.69 Å². The van der Waals surface area contributed by atoms with E-state index in [0.29, 0.717) is 12.1 Å². The molecule has 0 atom stereocenters. The quantitative estimate of drug-likeness (QED) is 0.846. The first-order chi connectivity index (χ1) is 9.02. The summed E-state index contributed by atoms with van der Waals surface area (Å²) in [6.45, 7) is 0. The number of alkyl halides is 2. The van der Waals surface area contributed by atoms with Gasteiger partial charge in [-0.2, -0.15) is 0 Å². The van der Waals surface area contributed by atoms with Crippen LogP contribution in [0.3, 0.4) is 0 Å². The summed E-state index contributed by atoms with van der Waals surface area (Å²) in [5.74, 6) is 0.118. The van der Waals surface area contributed by atoms with Crippen LogP contribution in [0.25, 0.3) is 0 Å². The summed E-state index contributed by atoms with van der Waals surface area (Å²) in [6.07, 6.45) is -2.98. The Bertz CT molecular complexity index is 629. The number of hydrogen-bond acceptors (Lipinski definition) is 3. The summed E-state index contributed by atoms with van der Waals surface area (Å²) < 4.78 is 34.5. The van der Waals surface area contributed by atoms with Crippen LogP contribution in [0.15, 0.2) is 42.5 Å². The molecule has 0 spiro atoms. The van der Waals surface area contributed by atoms with Gasteiger partial charge in [0.2, 0.25) is 0 Å². The molecule has 0 aromatic heterocycles. The third kappa shape index (κ3) is 2.45. The number of fused-ring (bicyclic) bond motifs is 1. The molecular weight excluding hydrogens is 252 g/mol. The molecule has 0 saturated carbocycles. The van der Waals surface area contributed by atoms with E-state index in [-0.39, 0.29) is 11.5 Å². The SMILES string of the molecule is Nc1cccc(Cc2ccc3c(c2)OC(F)(F)O3)c1. The topological polar surface area (TPSA) is 44.5 Å². The maximum absolute atomic E-state index is 12.9. The highest BCUT2D eigenvalue weighted by molar-refractivity contribution is 5.47. The van der Waals surface area contributed by atoms with Crippen molar-refractivity contribution in [1.82, 2.24) is 0 Å². The van der Waals surface area contributed by atoms with Gasteiger partial charge in [-0.15, -0.1) is 8.78 Å². The number of ether oxygens (including phenoxy) is 2. The molecule has 0 aliphatic carbocycles. The second-order valence-corrected chi connectivity index (χ2v) is 4.37. The summed E-state index contributed by atoms with van der Waals surface area (Å²) in [7, 11) is 0. The molecule has 3 nitrogen and oxygen atoms in total. The van der Waals surface area contributed by atoms with E-state index in [1.54, 1.807) is 18.2 Å². The first-order valence-corrected chi connectivity index (χ1v) is 5.75. The molecule has 1 heterocycles. The van der Waals surface area contributed by atoms with E-state index < -0.39 is 6.29 Å². The number of anilines is 1. The zero-order valence-electron chi connectivity index (χ0n) is 9.90. The number of nitrogens with two attached hydrogens (primary N) is 1. The van der Waals surface area contributed by atoms with Crippen molar-refractivity contribution in [3.63, 3.8) is 0 Å². The number of benzene rings is 2. The molecule has 98 valence electrons. The lowest BCUT2D eigenvalue weighted by Crippen LogP contribution is -2.25. The molecule has 5 heteroatoms. The minimum atomic E-state index is -3.57. The molecule has 0 fully saturated rings. The van der Waals surface area contributed by atoms with Gasteiger partial charge >= 0.3 is 6.29 Å². The fourth-order valence-corrected chi connectivity index (χ4v) is 2.04. The first-order valence-electron chi connectivity index (χ1n) is 5.75. The second kappa shape index (κ2) is 4.12. The molecule has 3 rings (SSSR count). The van der Waals surface area contributed by atoms with Crippen LogP contribution in [0.4, 0.5) is 14.5 Å². The predicted molar refractivity (Wildman–Crippen MR) is 66.3 cm³/mol. The van der Waals surface area contributed by atoms with E-state index in [0.717, 1.165) is 11.1 Å². The van der Waals surface area contributed by atoms with E-state index in [9.17, 15) is 8.78 Å². The normalized spacial score (nSPS) is 15.5. The lowest BCUT2D eigenvalue weighted by Gasteiger charge is -2.04. The fourth-order valence-electron chi connectivity index (χ4n) is 2.04.